The summed E-state index contributed by atoms with van der Waals surface area (Å²) < 4.78 is 0. The highest BCUT2D eigenvalue weighted by Crippen LogP contribution is 2.03. The Morgan fingerprint density at radius 2 is 2.20 bits per heavy atom. The lowest BCUT2D eigenvalue weighted by molar-refractivity contribution is 0.140. The van der Waals surface area contributed by atoms with Gasteiger partial charge in [-0.2, -0.15) is 0 Å². The van der Waals surface area contributed by atoms with Crippen LogP contribution in [0.15, 0.2) is 6.20 Å². The smallest absolute Gasteiger partial charge is 0.0978 e. The third-order valence-corrected chi connectivity index (χ3v) is 1.35. The van der Waals surface area contributed by atoms with Crippen LogP contribution in [0.25, 0.3) is 0 Å². The molecule has 0 spiro atoms. The molecule has 0 saturated carbocycles. The predicted octanol–water partition coefficient (Wildman–Crippen LogP) is -0.962. The highest BCUT2D eigenvalue weighted by Gasteiger charge is 2.05. The lowest BCUT2D eigenvalue weighted by Gasteiger charge is -1.97. The van der Waals surface area contributed by atoms with E-state index in [1.165, 1.54) is 6.20 Å². The molecule has 1 aromatic heterocycles. The van der Waals surface area contributed by atoms with Gasteiger partial charge in [-0.15, -0.1) is 9.94 Å². The molecular formula is C5H10N4O. The maximum atomic E-state index is 8.93. The fourth-order valence-electron chi connectivity index (χ4n) is 0.780. The number of aromatic nitrogens is 2. The lowest BCUT2D eigenvalue weighted by atomic mass is 10.2. The largest absolute Gasteiger partial charge is 0.411 e. The normalized spacial score (nSPS) is 10.2. The van der Waals surface area contributed by atoms with E-state index < -0.39 is 0 Å². The van der Waals surface area contributed by atoms with E-state index in [0.717, 1.165) is 10.4 Å². The van der Waals surface area contributed by atoms with Gasteiger partial charge < -0.3 is 16.7 Å². The van der Waals surface area contributed by atoms with E-state index in [0.29, 0.717) is 12.2 Å². The van der Waals surface area contributed by atoms with Crippen LogP contribution in [0.5, 0.6) is 0 Å². The second-order valence-electron chi connectivity index (χ2n) is 1.91. The van der Waals surface area contributed by atoms with E-state index in [1.807, 2.05) is 0 Å². The Balaban J connectivity index is 3.01. The van der Waals surface area contributed by atoms with E-state index in [9.17, 15) is 0 Å². The van der Waals surface area contributed by atoms with Crippen molar-refractivity contribution >= 4 is 0 Å². The molecule has 5 nitrogen and oxygen atoms in total. The molecule has 0 amide bonds. The molecule has 10 heavy (non-hydrogen) atoms. The van der Waals surface area contributed by atoms with Gasteiger partial charge in [0.25, 0.3) is 0 Å². The van der Waals surface area contributed by atoms with Gasteiger partial charge in [-0.3, -0.25) is 0 Å². The summed E-state index contributed by atoms with van der Waals surface area (Å²) in [4.78, 5) is 0.752. The molecule has 0 atom stereocenters. The van der Waals surface area contributed by atoms with Gasteiger partial charge in [0.1, 0.15) is 0 Å². The summed E-state index contributed by atoms with van der Waals surface area (Å²) in [7, 11) is 0. The predicted molar refractivity (Wildman–Crippen MR) is 35.2 cm³/mol. The maximum Gasteiger partial charge on any atom is 0.0978 e. The van der Waals surface area contributed by atoms with Crippen molar-refractivity contribution in [1.82, 2.24) is 9.94 Å². The van der Waals surface area contributed by atoms with Gasteiger partial charge in [0.2, 0.25) is 0 Å². The number of nitrogens with zero attached hydrogens (tertiary/aromatic N) is 2. The second kappa shape index (κ2) is 2.68. The van der Waals surface area contributed by atoms with E-state index in [1.54, 1.807) is 0 Å². The van der Waals surface area contributed by atoms with Gasteiger partial charge in [-0.25, -0.2) is 0 Å². The van der Waals surface area contributed by atoms with Crippen molar-refractivity contribution in [2.45, 2.75) is 13.1 Å². The zero-order chi connectivity index (χ0) is 7.56. The zero-order valence-corrected chi connectivity index (χ0v) is 5.49. The van der Waals surface area contributed by atoms with Crippen molar-refractivity contribution in [3.8, 4) is 0 Å². The molecule has 0 aliphatic heterocycles. The molecule has 0 saturated heterocycles. The number of hydrogen-bond donors (Lipinski definition) is 3. The quantitative estimate of drug-likeness (QED) is 0.464. The minimum Gasteiger partial charge on any atom is -0.411 e. The van der Waals surface area contributed by atoms with Gasteiger partial charge >= 0.3 is 0 Å². The van der Waals surface area contributed by atoms with E-state index in [2.05, 4.69) is 5.10 Å². The first-order valence-electron chi connectivity index (χ1n) is 2.94. The molecule has 0 aliphatic rings. The Morgan fingerprint density at radius 1 is 1.50 bits per heavy atom. The van der Waals surface area contributed by atoms with Gasteiger partial charge in [0.05, 0.1) is 11.9 Å². The SMILES string of the molecule is NCc1cnn(O)c1CN. The lowest BCUT2D eigenvalue weighted by Crippen LogP contribution is -2.09. The molecule has 0 bridgehead atoms. The Morgan fingerprint density at radius 3 is 2.60 bits per heavy atom. The molecule has 0 aliphatic carbocycles. The number of hydrogen-bond acceptors (Lipinski definition) is 4. The first-order valence-corrected chi connectivity index (χ1v) is 2.94. The molecule has 0 unspecified atom stereocenters. The van der Waals surface area contributed by atoms with E-state index in [4.69, 9.17) is 16.7 Å². The maximum absolute atomic E-state index is 8.93. The first-order chi connectivity index (χ1) is 4.79. The van der Waals surface area contributed by atoms with Crippen LogP contribution in [0.1, 0.15) is 11.3 Å². The summed E-state index contributed by atoms with van der Waals surface area (Å²) in [6.45, 7) is 0.607. The fraction of sp³-hybridized carbons (Fsp3) is 0.400. The molecule has 0 fully saturated rings. The summed E-state index contributed by atoms with van der Waals surface area (Å²) in [5.41, 5.74) is 12.0. The topological polar surface area (TPSA) is 90.1 Å². The zero-order valence-electron chi connectivity index (χ0n) is 5.49. The average molecular weight is 142 g/mol. The highest BCUT2D eigenvalue weighted by atomic mass is 16.5. The molecular weight excluding hydrogens is 132 g/mol. The third-order valence-electron chi connectivity index (χ3n) is 1.35. The standard InChI is InChI=1S/C5H10N4O/c6-1-4-3-8-9(10)5(4)2-7/h3,10H,1-2,6-7H2. The molecule has 5 heteroatoms. The van der Waals surface area contributed by atoms with Crippen LogP contribution in [0, 0.1) is 0 Å². The van der Waals surface area contributed by atoms with Crippen molar-refractivity contribution in [2.24, 2.45) is 11.5 Å². The van der Waals surface area contributed by atoms with Crippen molar-refractivity contribution < 1.29 is 5.21 Å². The monoisotopic (exact) mass is 142 g/mol. The second-order valence-corrected chi connectivity index (χ2v) is 1.91. The Labute approximate surface area is 58.2 Å². The Bertz CT molecular complexity index is 219. The van der Waals surface area contributed by atoms with Crippen molar-refractivity contribution in [3.05, 3.63) is 17.5 Å². The van der Waals surface area contributed by atoms with Gasteiger partial charge in [-0.1, -0.05) is 0 Å². The van der Waals surface area contributed by atoms with Crippen molar-refractivity contribution in [2.75, 3.05) is 0 Å². The van der Waals surface area contributed by atoms with Crippen LogP contribution in [0.2, 0.25) is 0 Å². The minimum absolute atomic E-state index is 0.253. The average Bonchev–Trinajstić information content (AvgIpc) is 2.30. The minimum atomic E-state index is 0.253. The van der Waals surface area contributed by atoms with E-state index >= 15 is 0 Å². The molecule has 1 rings (SSSR count). The van der Waals surface area contributed by atoms with Gasteiger partial charge in [0, 0.05) is 18.7 Å². The molecule has 1 aromatic rings. The van der Waals surface area contributed by atoms with Crippen LogP contribution in [0.4, 0.5) is 0 Å². The number of rotatable bonds is 2. The molecule has 0 radical (unpaired) electrons. The molecule has 0 aromatic carbocycles. The van der Waals surface area contributed by atoms with Crippen LogP contribution < -0.4 is 11.5 Å². The molecule has 1 heterocycles. The van der Waals surface area contributed by atoms with Crippen molar-refractivity contribution in [1.29, 1.82) is 0 Å². The van der Waals surface area contributed by atoms with Crippen LogP contribution in [-0.4, -0.2) is 15.2 Å². The van der Waals surface area contributed by atoms with E-state index in [-0.39, 0.29) is 6.54 Å². The van der Waals surface area contributed by atoms with Crippen molar-refractivity contribution in [3.63, 3.8) is 0 Å². The van der Waals surface area contributed by atoms with Gasteiger partial charge in [0.15, 0.2) is 0 Å². The molecule has 5 N–H and O–H groups in total. The number of nitrogens with two attached hydrogens (primary N) is 2. The van der Waals surface area contributed by atoms with Crippen LogP contribution >= 0.6 is 0 Å². The first kappa shape index (κ1) is 7.04. The fourth-order valence-corrected chi connectivity index (χ4v) is 0.780. The summed E-state index contributed by atoms with van der Waals surface area (Å²) in [6.07, 6.45) is 1.50. The van der Waals surface area contributed by atoms with Crippen LogP contribution in [0.3, 0.4) is 0 Å². The highest BCUT2D eigenvalue weighted by molar-refractivity contribution is 5.15. The molecule has 56 valence electrons. The Kier molecular flexibility index (Phi) is 1.88. The summed E-state index contributed by atoms with van der Waals surface area (Å²) >= 11 is 0. The summed E-state index contributed by atoms with van der Waals surface area (Å²) in [5, 5.41) is 12.5. The van der Waals surface area contributed by atoms with Gasteiger partial charge in [-0.05, 0) is 0 Å². The Hall–Kier alpha value is -1.07. The van der Waals surface area contributed by atoms with Crippen LogP contribution in [-0.2, 0) is 13.1 Å². The summed E-state index contributed by atoms with van der Waals surface area (Å²) in [6, 6.07) is 0. The third kappa shape index (κ3) is 0.960. The summed E-state index contributed by atoms with van der Waals surface area (Å²) in [5.74, 6) is 0.